The van der Waals surface area contributed by atoms with Crippen LogP contribution in [0.5, 0.6) is 0 Å². The Bertz CT molecular complexity index is 328. The van der Waals surface area contributed by atoms with E-state index in [2.05, 4.69) is 41.5 Å². The van der Waals surface area contributed by atoms with Gasteiger partial charge in [0.25, 0.3) is 0 Å². The maximum atomic E-state index is 6.78. The van der Waals surface area contributed by atoms with E-state index < -0.39 is 25.7 Å². The lowest BCUT2D eigenvalue weighted by Gasteiger charge is -2.56. The van der Waals surface area contributed by atoms with Crippen molar-refractivity contribution in [2.45, 2.75) is 58.2 Å². The van der Waals surface area contributed by atoms with Crippen LogP contribution in [0.15, 0.2) is 0 Å². The van der Waals surface area contributed by atoms with E-state index in [4.69, 9.17) is 26.6 Å². The summed E-state index contributed by atoms with van der Waals surface area (Å²) in [4.78, 5) is 0. The van der Waals surface area contributed by atoms with E-state index in [1.807, 2.05) is 0 Å². The van der Waals surface area contributed by atoms with Crippen LogP contribution < -0.4 is 0 Å². The fraction of sp³-hybridized carbons (Fsp3) is 1.00. The van der Waals surface area contributed by atoms with Crippen molar-refractivity contribution >= 4 is 25.7 Å². The van der Waals surface area contributed by atoms with Crippen molar-refractivity contribution in [1.29, 1.82) is 0 Å². The quantitative estimate of drug-likeness (QED) is 0.558. The van der Waals surface area contributed by atoms with Crippen molar-refractivity contribution < 1.29 is 26.6 Å². The molecule has 1 aliphatic rings. The topological polar surface area (TPSA) is 55.4 Å². The van der Waals surface area contributed by atoms with Gasteiger partial charge >= 0.3 is 25.7 Å². The smallest absolute Gasteiger partial charge is 0.350 e. The lowest BCUT2D eigenvalue weighted by Crippen LogP contribution is -2.77. The molecule has 1 aliphatic heterocycles. The molecule has 1 fully saturated rings. The first-order valence-electron chi connectivity index (χ1n) is 8.71. The Kier molecular flexibility index (Phi) is 8.30. The van der Waals surface area contributed by atoms with Crippen molar-refractivity contribution in [3.63, 3.8) is 0 Å². The summed E-state index contributed by atoms with van der Waals surface area (Å²) in [6.45, 7) is 13.0. The molecular weight excluding hydrogens is 360 g/mol. The molecule has 0 spiro atoms. The number of hydrogen-bond acceptors (Lipinski definition) is 6. The summed E-state index contributed by atoms with van der Waals surface area (Å²) in [6, 6.07) is 0. The highest BCUT2D eigenvalue weighted by Gasteiger charge is 2.66. The van der Waals surface area contributed by atoms with Gasteiger partial charge in [-0.25, -0.2) is 0 Å². The van der Waals surface area contributed by atoms with Crippen LogP contribution in [0.3, 0.4) is 0 Å². The Morgan fingerprint density at radius 2 is 0.750 bits per heavy atom. The van der Waals surface area contributed by atoms with Crippen molar-refractivity contribution in [2.24, 2.45) is 0 Å². The predicted molar refractivity (Wildman–Crippen MR) is 101 cm³/mol. The first-order valence-corrected chi connectivity index (χ1v) is 15.0. The minimum Gasteiger partial charge on any atom is -0.412 e. The lowest BCUT2D eigenvalue weighted by molar-refractivity contribution is 0.105. The van der Waals surface area contributed by atoms with Crippen LogP contribution in [-0.2, 0) is 26.6 Å². The molecule has 0 amide bonds. The normalized spacial score (nSPS) is 34.5. The molecule has 1 rings (SSSR count). The Balaban J connectivity index is 3.47. The van der Waals surface area contributed by atoms with E-state index in [9.17, 15) is 0 Å². The molecular formula is C15H36O6Si3. The predicted octanol–water partition coefficient (Wildman–Crippen LogP) is 3.16. The van der Waals surface area contributed by atoms with Gasteiger partial charge in [0.1, 0.15) is 0 Å². The van der Waals surface area contributed by atoms with Gasteiger partial charge in [0.15, 0.2) is 0 Å². The highest BCUT2D eigenvalue weighted by Crippen LogP contribution is 2.44. The lowest BCUT2D eigenvalue weighted by atomic mass is 10.6. The van der Waals surface area contributed by atoms with Gasteiger partial charge in [-0.05, 0) is 16.6 Å². The van der Waals surface area contributed by atoms with E-state index in [0.29, 0.717) is 18.7 Å². The molecule has 0 bridgehead atoms. The second-order valence-electron chi connectivity index (χ2n) is 7.50. The number of rotatable bonds is 9. The minimum absolute atomic E-state index is 0.256. The van der Waals surface area contributed by atoms with Crippen LogP contribution >= 0.6 is 0 Å². The van der Waals surface area contributed by atoms with E-state index in [1.54, 1.807) is 21.3 Å². The third-order valence-corrected chi connectivity index (χ3v) is 20.4. The Morgan fingerprint density at radius 3 is 0.875 bits per heavy atom. The standard InChI is InChI=1S/C15H36O6Si3/c1-13(2)22(10-16-7)19-23(11-17-8,14(3)4)21-24(20-22,12-18-9)15(5)6/h13-15H,10-12H2,1-9H3. The van der Waals surface area contributed by atoms with Gasteiger partial charge < -0.3 is 26.6 Å². The molecule has 0 atom stereocenters. The second-order valence-corrected chi connectivity index (χ2v) is 19.2. The summed E-state index contributed by atoms with van der Waals surface area (Å²) >= 11 is 0. The molecule has 0 N–H and O–H groups in total. The summed E-state index contributed by atoms with van der Waals surface area (Å²) in [5.41, 5.74) is 0.768. The van der Waals surface area contributed by atoms with Crippen molar-refractivity contribution in [3.8, 4) is 0 Å². The molecule has 0 unspecified atom stereocenters. The van der Waals surface area contributed by atoms with Crippen molar-refractivity contribution in [2.75, 3.05) is 40.0 Å². The van der Waals surface area contributed by atoms with Gasteiger partial charge in [0.05, 0.1) is 18.7 Å². The molecule has 0 aromatic heterocycles. The molecule has 1 saturated heterocycles. The average Bonchev–Trinajstić information content (AvgIpc) is 2.47. The van der Waals surface area contributed by atoms with Gasteiger partial charge in [0, 0.05) is 21.3 Å². The summed E-state index contributed by atoms with van der Waals surface area (Å²) in [5.74, 6) is 0. The first-order chi connectivity index (χ1) is 11.1. The number of hydrogen-bond donors (Lipinski definition) is 0. The fourth-order valence-corrected chi connectivity index (χ4v) is 20.8. The minimum atomic E-state index is -2.61. The zero-order valence-electron chi connectivity index (χ0n) is 16.8. The van der Waals surface area contributed by atoms with Gasteiger partial charge in [-0.1, -0.05) is 41.5 Å². The van der Waals surface area contributed by atoms with Gasteiger partial charge in [0.2, 0.25) is 0 Å². The molecule has 0 aliphatic carbocycles. The van der Waals surface area contributed by atoms with E-state index >= 15 is 0 Å². The van der Waals surface area contributed by atoms with Crippen molar-refractivity contribution in [1.82, 2.24) is 0 Å². The highest BCUT2D eigenvalue weighted by atomic mass is 28.5. The number of methoxy groups -OCH3 is 3. The third-order valence-electron chi connectivity index (χ3n) is 4.71. The zero-order valence-corrected chi connectivity index (χ0v) is 19.8. The van der Waals surface area contributed by atoms with Crippen LogP contribution in [0.4, 0.5) is 0 Å². The van der Waals surface area contributed by atoms with Crippen molar-refractivity contribution in [3.05, 3.63) is 0 Å². The van der Waals surface area contributed by atoms with Gasteiger partial charge in [-0.15, -0.1) is 0 Å². The first kappa shape index (κ1) is 22.5. The van der Waals surface area contributed by atoms with Crippen LogP contribution in [0, 0.1) is 0 Å². The van der Waals surface area contributed by atoms with Crippen LogP contribution in [0.1, 0.15) is 41.5 Å². The SMILES string of the molecule is COC[Si]1(C(C)C)O[Si](COC)(C(C)C)O[Si](COC)(C(C)C)O1. The maximum Gasteiger partial charge on any atom is 0.350 e. The summed E-state index contributed by atoms with van der Waals surface area (Å²) in [5, 5.41) is 0. The molecule has 0 saturated carbocycles. The zero-order chi connectivity index (χ0) is 18.6. The molecule has 0 aromatic rings. The second kappa shape index (κ2) is 8.87. The summed E-state index contributed by atoms with van der Waals surface area (Å²) < 4.78 is 37.0. The van der Waals surface area contributed by atoms with Crippen LogP contribution in [-0.4, -0.2) is 65.7 Å². The van der Waals surface area contributed by atoms with E-state index in [0.717, 1.165) is 0 Å². The molecule has 0 radical (unpaired) electrons. The molecule has 24 heavy (non-hydrogen) atoms. The Labute approximate surface area is 150 Å². The van der Waals surface area contributed by atoms with E-state index in [1.165, 1.54) is 0 Å². The van der Waals surface area contributed by atoms with Crippen LogP contribution in [0.25, 0.3) is 0 Å². The van der Waals surface area contributed by atoms with E-state index in [-0.39, 0.29) is 16.6 Å². The maximum absolute atomic E-state index is 6.78. The molecule has 0 aromatic carbocycles. The van der Waals surface area contributed by atoms with Gasteiger partial charge in [-0.3, -0.25) is 0 Å². The molecule has 1 heterocycles. The summed E-state index contributed by atoms with van der Waals surface area (Å²) in [6.07, 6.45) is 1.51. The number of ether oxygens (including phenoxy) is 3. The van der Waals surface area contributed by atoms with Gasteiger partial charge in [-0.2, -0.15) is 0 Å². The molecule has 6 nitrogen and oxygen atoms in total. The Hall–Kier alpha value is 0.411. The average molecular weight is 397 g/mol. The third kappa shape index (κ3) is 4.38. The Morgan fingerprint density at radius 1 is 0.542 bits per heavy atom. The highest BCUT2D eigenvalue weighted by molar-refractivity contribution is 6.95. The molecule has 144 valence electrons. The largest absolute Gasteiger partial charge is 0.412 e. The molecule has 9 heteroatoms. The van der Waals surface area contributed by atoms with Crippen LogP contribution in [0.2, 0.25) is 16.6 Å². The monoisotopic (exact) mass is 396 g/mol. The summed E-state index contributed by atoms with van der Waals surface area (Å²) in [7, 11) is -2.71. The fourth-order valence-electron chi connectivity index (χ4n) is 2.93.